The number of rotatable bonds is 5. The van der Waals surface area contributed by atoms with E-state index in [0.29, 0.717) is 6.04 Å². The highest BCUT2D eigenvalue weighted by Crippen LogP contribution is 2.26. The average Bonchev–Trinajstić information content (AvgIpc) is 2.42. The van der Waals surface area contributed by atoms with Crippen molar-refractivity contribution >= 4 is 0 Å². The van der Waals surface area contributed by atoms with Crippen molar-refractivity contribution in [2.24, 2.45) is 11.8 Å². The van der Waals surface area contributed by atoms with Crippen LogP contribution in [-0.4, -0.2) is 37.1 Å². The van der Waals surface area contributed by atoms with Crippen LogP contribution in [0.3, 0.4) is 0 Å². The summed E-state index contributed by atoms with van der Waals surface area (Å²) in [5.74, 6) is 1.62. The number of nitrogens with zero attached hydrogens (tertiary/aromatic N) is 1. The molecule has 2 rings (SSSR count). The topological polar surface area (TPSA) is 15.3 Å². The standard InChI is InChI=1S/C18H32N2/c1-14(2)19-12-17-7-9-20(10-8-17)13-18-6-5-15(3)16(4)11-18/h5-6,14,16-17,19H,7-13H2,1-4H3. The second kappa shape index (κ2) is 7.42. The fourth-order valence-electron chi connectivity index (χ4n) is 3.19. The van der Waals surface area contributed by atoms with Gasteiger partial charge in [0.2, 0.25) is 0 Å². The molecule has 20 heavy (non-hydrogen) atoms. The van der Waals surface area contributed by atoms with E-state index in [0.717, 1.165) is 11.8 Å². The summed E-state index contributed by atoms with van der Waals surface area (Å²) in [4.78, 5) is 2.65. The summed E-state index contributed by atoms with van der Waals surface area (Å²) in [6, 6.07) is 0.622. The van der Waals surface area contributed by atoms with Crippen LogP contribution >= 0.6 is 0 Å². The zero-order valence-electron chi connectivity index (χ0n) is 13.8. The summed E-state index contributed by atoms with van der Waals surface area (Å²) < 4.78 is 0. The Bertz CT molecular complexity index is 360. The maximum absolute atomic E-state index is 3.58. The summed E-state index contributed by atoms with van der Waals surface area (Å²) in [5, 5.41) is 3.58. The third-order valence-corrected chi connectivity index (χ3v) is 4.88. The quantitative estimate of drug-likeness (QED) is 0.825. The van der Waals surface area contributed by atoms with Gasteiger partial charge in [-0.05, 0) is 57.7 Å². The largest absolute Gasteiger partial charge is 0.314 e. The summed E-state index contributed by atoms with van der Waals surface area (Å²) in [6.45, 7) is 14.0. The fraction of sp³-hybridized carbons (Fsp3) is 0.778. The number of allylic oxidation sites excluding steroid dienone is 3. The molecule has 0 amide bonds. The number of nitrogens with one attached hydrogen (secondary N) is 1. The van der Waals surface area contributed by atoms with E-state index in [9.17, 15) is 0 Å². The van der Waals surface area contributed by atoms with E-state index in [1.165, 1.54) is 51.0 Å². The van der Waals surface area contributed by atoms with E-state index in [4.69, 9.17) is 0 Å². The van der Waals surface area contributed by atoms with Crippen molar-refractivity contribution < 1.29 is 0 Å². The van der Waals surface area contributed by atoms with Gasteiger partial charge in [-0.15, -0.1) is 0 Å². The first kappa shape index (κ1) is 15.8. The van der Waals surface area contributed by atoms with Crippen LogP contribution in [0.25, 0.3) is 0 Å². The van der Waals surface area contributed by atoms with Gasteiger partial charge >= 0.3 is 0 Å². The number of piperidine rings is 1. The van der Waals surface area contributed by atoms with Gasteiger partial charge in [0.25, 0.3) is 0 Å². The molecule has 114 valence electrons. The number of hydrogen-bond acceptors (Lipinski definition) is 2. The van der Waals surface area contributed by atoms with E-state index >= 15 is 0 Å². The molecular weight excluding hydrogens is 244 g/mol. The van der Waals surface area contributed by atoms with Crippen molar-refractivity contribution in [1.29, 1.82) is 0 Å². The van der Waals surface area contributed by atoms with Crippen LogP contribution in [0.2, 0.25) is 0 Å². The Labute approximate surface area is 125 Å². The lowest BCUT2D eigenvalue weighted by atomic mass is 9.88. The van der Waals surface area contributed by atoms with Crippen LogP contribution in [-0.2, 0) is 0 Å². The van der Waals surface area contributed by atoms with Crippen LogP contribution in [0.5, 0.6) is 0 Å². The van der Waals surface area contributed by atoms with Crippen LogP contribution in [0.15, 0.2) is 23.3 Å². The predicted molar refractivity (Wildman–Crippen MR) is 87.9 cm³/mol. The average molecular weight is 276 g/mol. The highest BCUT2D eigenvalue weighted by molar-refractivity contribution is 5.25. The molecule has 2 aliphatic rings. The van der Waals surface area contributed by atoms with Crippen molar-refractivity contribution in [1.82, 2.24) is 10.2 Å². The molecule has 0 spiro atoms. The van der Waals surface area contributed by atoms with Gasteiger partial charge in [0.1, 0.15) is 0 Å². The van der Waals surface area contributed by atoms with Gasteiger partial charge in [0.05, 0.1) is 0 Å². The Hall–Kier alpha value is -0.600. The SMILES string of the molecule is CC1=CC=C(CN2CCC(CNC(C)C)CC2)CC1C. The lowest BCUT2D eigenvalue weighted by molar-refractivity contribution is 0.191. The van der Waals surface area contributed by atoms with Gasteiger partial charge in [-0.3, -0.25) is 4.90 Å². The minimum Gasteiger partial charge on any atom is -0.314 e. The Kier molecular flexibility index (Phi) is 5.86. The monoisotopic (exact) mass is 276 g/mol. The zero-order chi connectivity index (χ0) is 14.5. The van der Waals surface area contributed by atoms with Crippen LogP contribution in [0, 0.1) is 11.8 Å². The second-order valence-electron chi connectivity index (χ2n) is 7.12. The molecule has 1 aliphatic carbocycles. The van der Waals surface area contributed by atoms with Crippen molar-refractivity contribution in [3.63, 3.8) is 0 Å². The van der Waals surface area contributed by atoms with Gasteiger partial charge in [-0.25, -0.2) is 0 Å². The molecule has 0 aromatic carbocycles. The molecular formula is C18H32N2. The molecule has 0 aromatic rings. The normalized spacial score (nSPS) is 25.8. The molecule has 1 atom stereocenters. The lowest BCUT2D eigenvalue weighted by Crippen LogP contribution is -2.39. The number of hydrogen-bond donors (Lipinski definition) is 1. The molecule has 0 saturated carbocycles. The van der Waals surface area contributed by atoms with Gasteiger partial charge in [-0.2, -0.15) is 0 Å². The molecule has 1 aliphatic heterocycles. The van der Waals surface area contributed by atoms with E-state index in [1.807, 2.05) is 0 Å². The molecule has 1 fully saturated rings. The second-order valence-corrected chi connectivity index (χ2v) is 7.12. The molecule has 1 unspecified atom stereocenters. The Balaban J connectivity index is 1.72. The van der Waals surface area contributed by atoms with Gasteiger partial charge in [0, 0.05) is 12.6 Å². The molecule has 0 aromatic heterocycles. The van der Waals surface area contributed by atoms with E-state index < -0.39 is 0 Å². The van der Waals surface area contributed by atoms with E-state index in [2.05, 4.69) is 50.1 Å². The van der Waals surface area contributed by atoms with Crippen molar-refractivity contribution in [2.45, 2.75) is 53.0 Å². The summed E-state index contributed by atoms with van der Waals surface area (Å²) in [6.07, 6.45) is 8.66. The molecule has 2 heteroatoms. The first-order valence-electron chi connectivity index (χ1n) is 8.36. The van der Waals surface area contributed by atoms with Crippen LogP contribution in [0.1, 0.15) is 47.0 Å². The highest BCUT2D eigenvalue weighted by atomic mass is 15.1. The summed E-state index contributed by atoms with van der Waals surface area (Å²) in [7, 11) is 0. The van der Waals surface area contributed by atoms with Gasteiger partial charge in [0.15, 0.2) is 0 Å². The Morgan fingerprint density at radius 1 is 1.25 bits per heavy atom. The Morgan fingerprint density at radius 3 is 2.55 bits per heavy atom. The van der Waals surface area contributed by atoms with Crippen molar-refractivity contribution in [2.75, 3.05) is 26.2 Å². The maximum atomic E-state index is 3.58. The third kappa shape index (κ3) is 4.75. The van der Waals surface area contributed by atoms with Crippen LogP contribution in [0.4, 0.5) is 0 Å². The van der Waals surface area contributed by atoms with Gasteiger partial charge in [-0.1, -0.05) is 44.1 Å². The molecule has 1 N–H and O–H groups in total. The molecule has 1 saturated heterocycles. The Morgan fingerprint density at radius 2 is 1.95 bits per heavy atom. The molecule has 2 nitrogen and oxygen atoms in total. The first-order chi connectivity index (χ1) is 9.54. The maximum Gasteiger partial charge on any atom is 0.0196 e. The van der Waals surface area contributed by atoms with Crippen molar-refractivity contribution in [3.05, 3.63) is 23.3 Å². The van der Waals surface area contributed by atoms with Gasteiger partial charge < -0.3 is 5.32 Å². The summed E-state index contributed by atoms with van der Waals surface area (Å²) in [5.41, 5.74) is 3.16. The van der Waals surface area contributed by atoms with E-state index in [-0.39, 0.29) is 0 Å². The lowest BCUT2D eigenvalue weighted by Gasteiger charge is -2.34. The number of likely N-dealkylation sites (tertiary alicyclic amines) is 1. The summed E-state index contributed by atoms with van der Waals surface area (Å²) >= 11 is 0. The fourth-order valence-corrected chi connectivity index (χ4v) is 3.19. The third-order valence-electron chi connectivity index (χ3n) is 4.88. The minimum absolute atomic E-state index is 0.622. The van der Waals surface area contributed by atoms with E-state index in [1.54, 1.807) is 5.57 Å². The molecule has 1 heterocycles. The first-order valence-corrected chi connectivity index (χ1v) is 8.36. The van der Waals surface area contributed by atoms with Crippen LogP contribution < -0.4 is 5.32 Å². The molecule has 0 bridgehead atoms. The highest BCUT2D eigenvalue weighted by Gasteiger charge is 2.21. The smallest absolute Gasteiger partial charge is 0.0196 e. The molecule has 0 radical (unpaired) electrons. The predicted octanol–water partition coefficient (Wildman–Crippen LogP) is 3.61. The minimum atomic E-state index is 0.622. The zero-order valence-corrected chi connectivity index (χ0v) is 13.8. The van der Waals surface area contributed by atoms with Crippen molar-refractivity contribution in [3.8, 4) is 0 Å².